The van der Waals surface area contributed by atoms with Crippen LogP contribution < -0.4 is 0 Å². The van der Waals surface area contributed by atoms with Crippen LogP contribution >= 0.6 is 0 Å². The van der Waals surface area contributed by atoms with E-state index in [-0.39, 0.29) is 5.92 Å². The van der Waals surface area contributed by atoms with Crippen LogP contribution in [0.25, 0.3) is 0 Å². The van der Waals surface area contributed by atoms with Crippen LogP contribution in [0.2, 0.25) is 0 Å². The Hall–Kier alpha value is -1.82. The van der Waals surface area contributed by atoms with Gasteiger partial charge in [-0.25, -0.2) is 0 Å². The molecular formula is C19H24F3N3. The number of aromatic nitrogens is 2. The molecule has 25 heavy (non-hydrogen) atoms. The summed E-state index contributed by atoms with van der Waals surface area (Å²) in [6, 6.07) is 9.68. The van der Waals surface area contributed by atoms with Crippen LogP contribution in [0.3, 0.4) is 0 Å². The Balaban J connectivity index is 1.69. The predicted octanol–water partition coefficient (Wildman–Crippen LogP) is 4.52. The van der Waals surface area contributed by atoms with Crippen molar-refractivity contribution in [2.45, 2.75) is 50.7 Å². The lowest BCUT2D eigenvalue weighted by atomic mass is 9.90. The summed E-state index contributed by atoms with van der Waals surface area (Å²) in [5.74, 6) is 0.214. The number of aromatic amines is 1. The first kappa shape index (κ1) is 18.0. The van der Waals surface area contributed by atoms with Gasteiger partial charge >= 0.3 is 6.18 Å². The molecule has 1 saturated heterocycles. The molecule has 0 saturated carbocycles. The summed E-state index contributed by atoms with van der Waals surface area (Å²) in [7, 11) is 0. The first-order chi connectivity index (χ1) is 11.9. The predicted molar refractivity (Wildman–Crippen MR) is 91.5 cm³/mol. The van der Waals surface area contributed by atoms with Crippen molar-refractivity contribution < 1.29 is 13.2 Å². The number of nitrogens with one attached hydrogen (secondary N) is 1. The van der Waals surface area contributed by atoms with E-state index in [2.05, 4.69) is 22.3 Å². The minimum Gasteiger partial charge on any atom is -0.300 e. The average Bonchev–Trinajstić information content (AvgIpc) is 3.02. The average molecular weight is 351 g/mol. The van der Waals surface area contributed by atoms with E-state index in [1.165, 1.54) is 5.56 Å². The summed E-state index contributed by atoms with van der Waals surface area (Å²) in [6.45, 7) is 3.06. The molecule has 2 heterocycles. The standard InChI is InChI=1S/C19H24F3N3/c1-14(11-19(20,21)22)25-9-5-8-16(13-25)18-17(12-23-24-18)10-15-6-3-2-4-7-15/h2-4,6-7,12,14,16H,5,8-11,13H2,1H3,(H,23,24). The second-order valence-electron chi connectivity index (χ2n) is 6.97. The van der Waals surface area contributed by atoms with Crippen molar-refractivity contribution in [3.63, 3.8) is 0 Å². The molecule has 1 aromatic carbocycles. The molecule has 2 atom stereocenters. The number of benzene rings is 1. The van der Waals surface area contributed by atoms with E-state index >= 15 is 0 Å². The topological polar surface area (TPSA) is 31.9 Å². The lowest BCUT2D eigenvalue weighted by Crippen LogP contribution is -2.42. The van der Waals surface area contributed by atoms with Crippen molar-refractivity contribution >= 4 is 0 Å². The van der Waals surface area contributed by atoms with E-state index < -0.39 is 18.6 Å². The number of alkyl halides is 3. The smallest absolute Gasteiger partial charge is 0.300 e. The minimum atomic E-state index is -4.11. The molecule has 0 aliphatic carbocycles. The third-order valence-corrected chi connectivity index (χ3v) is 5.00. The maximum absolute atomic E-state index is 12.7. The van der Waals surface area contributed by atoms with Gasteiger partial charge in [0.15, 0.2) is 0 Å². The van der Waals surface area contributed by atoms with Gasteiger partial charge in [-0.1, -0.05) is 30.3 Å². The van der Waals surface area contributed by atoms with E-state index in [9.17, 15) is 13.2 Å². The largest absolute Gasteiger partial charge is 0.390 e. The Kier molecular flexibility index (Phi) is 5.47. The van der Waals surface area contributed by atoms with Gasteiger partial charge in [0.05, 0.1) is 12.6 Å². The maximum Gasteiger partial charge on any atom is 0.390 e. The zero-order valence-electron chi connectivity index (χ0n) is 14.4. The first-order valence-electron chi connectivity index (χ1n) is 8.79. The Morgan fingerprint density at radius 1 is 1.28 bits per heavy atom. The number of rotatable bonds is 5. The van der Waals surface area contributed by atoms with Gasteiger partial charge in [-0.15, -0.1) is 0 Å². The van der Waals surface area contributed by atoms with E-state index in [4.69, 9.17) is 0 Å². The number of likely N-dealkylation sites (tertiary alicyclic amines) is 1. The Labute approximate surface area is 146 Å². The molecule has 1 aliphatic rings. The number of halogens is 3. The van der Waals surface area contributed by atoms with Gasteiger partial charge in [-0.05, 0) is 37.4 Å². The lowest BCUT2D eigenvalue weighted by Gasteiger charge is -2.37. The summed E-state index contributed by atoms with van der Waals surface area (Å²) in [6.07, 6.45) is -0.323. The van der Waals surface area contributed by atoms with Crippen molar-refractivity contribution in [1.29, 1.82) is 0 Å². The van der Waals surface area contributed by atoms with Gasteiger partial charge < -0.3 is 0 Å². The van der Waals surface area contributed by atoms with Gasteiger partial charge in [0.25, 0.3) is 0 Å². The lowest BCUT2D eigenvalue weighted by molar-refractivity contribution is -0.147. The van der Waals surface area contributed by atoms with E-state index in [0.717, 1.165) is 37.1 Å². The highest BCUT2D eigenvalue weighted by Gasteiger charge is 2.34. The number of hydrogen-bond donors (Lipinski definition) is 1. The fourth-order valence-electron chi connectivity index (χ4n) is 3.74. The molecule has 136 valence electrons. The van der Waals surface area contributed by atoms with Gasteiger partial charge in [-0.2, -0.15) is 18.3 Å². The van der Waals surface area contributed by atoms with Crippen molar-refractivity contribution in [3.05, 3.63) is 53.3 Å². The molecule has 0 bridgehead atoms. The first-order valence-corrected chi connectivity index (χ1v) is 8.79. The van der Waals surface area contributed by atoms with E-state index in [1.807, 2.05) is 29.3 Å². The Morgan fingerprint density at radius 3 is 2.76 bits per heavy atom. The molecule has 1 fully saturated rings. The summed E-state index contributed by atoms with van der Waals surface area (Å²) < 4.78 is 38.1. The SMILES string of the molecule is CC(CC(F)(F)F)N1CCCC(c2[nH]ncc2Cc2ccccc2)C1. The van der Waals surface area contributed by atoms with Crippen molar-refractivity contribution in [1.82, 2.24) is 15.1 Å². The number of piperidine rings is 1. The Morgan fingerprint density at radius 2 is 2.04 bits per heavy atom. The van der Waals surface area contributed by atoms with Crippen molar-refractivity contribution in [2.75, 3.05) is 13.1 Å². The summed E-state index contributed by atoms with van der Waals surface area (Å²) in [5.41, 5.74) is 3.43. The number of hydrogen-bond acceptors (Lipinski definition) is 2. The fourth-order valence-corrected chi connectivity index (χ4v) is 3.74. The molecule has 0 spiro atoms. The van der Waals surface area contributed by atoms with Crippen LogP contribution in [-0.2, 0) is 6.42 Å². The molecule has 2 aromatic rings. The summed E-state index contributed by atoms with van der Waals surface area (Å²) in [5, 5.41) is 7.30. The molecule has 1 aliphatic heterocycles. The molecule has 6 heteroatoms. The Bertz CT molecular complexity index is 666. The van der Waals surface area contributed by atoms with Crippen molar-refractivity contribution in [3.8, 4) is 0 Å². The molecule has 0 amide bonds. The van der Waals surface area contributed by atoms with E-state index in [1.54, 1.807) is 6.92 Å². The zero-order valence-corrected chi connectivity index (χ0v) is 14.4. The van der Waals surface area contributed by atoms with Crippen LogP contribution in [-0.4, -0.2) is 40.4 Å². The van der Waals surface area contributed by atoms with E-state index in [0.29, 0.717) is 6.54 Å². The quantitative estimate of drug-likeness (QED) is 0.859. The van der Waals surface area contributed by atoms with Crippen LogP contribution in [0.15, 0.2) is 36.5 Å². The van der Waals surface area contributed by atoms with Crippen LogP contribution in [0.5, 0.6) is 0 Å². The zero-order chi connectivity index (χ0) is 17.9. The molecule has 2 unspecified atom stereocenters. The van der Waals surface area contributed by atoms with Gasteiger partial charge in [0, 0.05) is 30.6 Å². The fraction of sp³-hybridized carbons (Fsp3) is 0.526. The summed E-state index contributed by atoms with van der Waals surface area (Å²) >= 11 is 0. The van der Waals surface area contributed by atoms with Gasteiger partial charge in [0.1, 0.15) is 0 Å². The highest BCUT2D eigenvalue weighted by molar-refractivity contribution is 5.29. The monoisotopic (exact) mass is 351 g/mol. The van der Waals surface area contributed by atoms with Gasteiger partial charge in [-0.3, -0.25) is 10.00 Å². The minimum absolute atomic E-state index is 0.214. The van der Waals surface area contributed by atoms with Gasteiger partial charge in [0.2, 0.25) is 0 Å². The molecule has 1 N–H and O–H groups in total. The highest BCUT2D eigenvalue weighted by atomic mass is 19.4. The third kappa shape index (κ3) is 4.84. The molecule has 3 rings (SSSR count). The van der Waals surface area contributed by atoms with Crippen LogP contribution in [0.1, 0.15) is 48.9 Å². The van der Waals surface area contributed by atoms with Crippen LogP contribution in [0.4, 0.5) is 13.2 Å². The highest BCUT2D eigenvalue weighted by Crippen LogP contribution is 2.32. The summed E-state index contributed by atoms with van der Waals surface area (Å²) in [4.78, 5) is 1.97. The third-order valence-electron chi connectivity index (χ3n) is 5.00. The second-order valence-corrected chi connectivity index (χ2v) is 6.97. The second kappa shape index (κ2) is 7.60. The maximum atomic E-state index is 12.7. The number of H-pyrrole nitrogens is 1. The molecule has 1 aromatic heterocycles. The van der Waals surface area contributed by atoms with Crippen molar-refractivity contribution in [2.24, 2.45) is 0 Å². The molecule has 0 radical (unpaired) electrons. The number of nitrogens with zero attached hydrogens (tertiary/aromatic N) is 2. The van der Waals surface area contributed by atoms with Crippen LogP contribution in [0, 0.1) is 0 Å². The normalized spacial score (nSPS) is 20.6. The molecule has 3 nitrogen and oxygen atoms in total. The molecular weight excluding hydrogens is 327 g/mol.